The first-order valence-corrected chi connectivity index (χ1v) is 6.75. The summed E-state index contributed by atoms with van der Waals surface area (Å²) < 4.78 is 10.00. The van der Waals surface area contributed by atoms with Crippen LogP contribution in [0.5, 0.6) is 0 Å². The molecule has 0 N–H and O–H groups in total. The Morgan fingerprint density at radius 1 is 1.29 bits per heavy atom. The number of epoxide rings is 1. The van der Waals surface area contributed by atoms with Crippen LogP contribution in [0.2, 0.25) is 0 Å². The van der Waals surface area contributed by atoms with E-state index in [4.69, 9.17) is 9.47 Å². The molecule has 1 rings (SSSR count). The zero-order valence-corrected chi connectivity index (χ0v) is 10.8. The fourth-order valence-electron chi connectivity index (χ4n) is 1.53. The van der Waals surface area contributed by atoms with E-state index in [2.05, 4.69) is 19.1 Å². The zero-order valence-electron chi connectivity index (χ0n) is 10.8. The van der Waals surface area contributed by atoms with E-state index in [1.54, 1.807) is 0 Å². The summed E-state index contributed by atoms with van der Waals surface area (Å²) in [5, 5.41) is 0. The Labute approximate surface area is 104 Å². The topological polar surface area (TPSA) is 38.8 Å². The molecule has 0 aromatic rings. The molecule has 0 amide bonds. The predicted octanol–water partition coefficient (Wildman–Crippen LogP) is 3.24. The van der Waals surface area contributed by atoms with Gasteiger partial charge >= 0.3 is 5.97 Å². The minimum Gasteiger partial charge on any atom is -0.463 e. The van der Waals surface area contributed by atoms with E-state index < -0.39 is 0 Å². The van der Waals surface area contributed by atoms with Gasteiger partial charge in [-0.2, -0.15) is 0 Å². The number of ether oxygens (including phenoxy) is 2. The molecule has 0 spiro atoms. The van der Waals surface area contributed by atoms with Crippen molar-refractivity contribution in [1.82, 2.24) is 0 Å². The highest BCUT2D eigenvalue weighted by Crippen LogP contribution is 2.09. The maximum absolute atomic E-state index is 11.2. The molecular weight excluding hydrogens is 216 g/mol. The summed E-state index contributed by atoms with van der Waals surface area (Å²) in [4.78, 5) is 11.2. The largest absolute Gasteiger partial charge is 0.463 e. The maximum atomic E-state index is 11.2. The van der Waals surface area contributed by atoms with Gasteiger partial charge in [-0.3, -0.25) is 4.79 Å². The number of rotatable bonds is 10. The van der Waals surface area contributed by atoms with Crippen LogP contribution >= 0.6 is 0 Å². The van der Waals surface area contributed by atoms with Gasteiger partial charge in [0.25, 0.3) is 0 Å². The fourth-order valence-corrected chi connectivity index (χ4v) is 1.53. The molecule has 0 bridgehead atoms. The first-order valence-electron chi connectivity index (χ1n) is 6.75. The van der Waals surface area contributed by atoms with Crippen LogP contribution in [0.1, 0.15) is 51.9 Å². The average molecular weight is 240 g/mol. The van der Waals surface area contributed by atoms with Crippen LogP contribution < -0.4 is 0 Å². The highest BCUT2D eigenvalue weighted by molar-refractivity contribution is 5.69. The van der Waals surface area contributed by atoms with E-state index in [9.17, 15) is 4.79 Å². The summed E-state index contributed by atoms with van der Waals surface area (Å²) >= 11 is 0. The van der Waals surface area contributed by atoms with Crippen molar-refractivity contribution in [3.63, 3.8) is 0 Å². The second-order valence-electron chi connectivity index (χ2n) is 4.50. The second-order valence-corrected chi connectivity index (χ2v) is 4.50. The van der Waals surface area contributed by atoms with E-state index in [-0.39, 0.29) is 12.1 Å². The molecule has 1 heterocycles. The predicted molar refractivity (Wildman–Crippen MR) is 67.8 cm³/mol. The SMILES string of the molecule is CCCCC/C=C/CCCC(=O)OCC1CO1. The molecule has 0 aromatic carbocycles. The van der Waals surface area contributed by atoms with Crippen molar-refractivity contribution in [2.24, 2.45) is 0 Å². The minimum absolute atomic E-state index is 0.0973. The van der Waals surface area contributed by atoms with Crippen molar-refractivity contribution in [1.29, 1.82) is 0 Å². The molecule has 1 saturated heterocycles. The molecule has 1 aliphatic heterocycles. The third-order valence-corrected chi connectivity index (χ3v) is 2.73. The van der Waals surface area contributed by atoms with Crippen LogP contribution in [0.4, 0.5) is 0 Å². The number of hydrogen-bond donors (Lipinski definition) is 0. The molecule has 0 saturated carbocycles. The highest BCUT2D eigenvalue weighted by atomic mass is 16.6. The maximum Gasteiger partial charge on any atom is 0.305 e. The van der Waals surface area contributed by atoms with Gasteiger partial charge in [-0.25, -0.2) is 0 Å². The standard InChI is InChI=1S/C14H24O3/c1-2-3-4-5-6-7-8-9-10-14(15)17-12-13-11-16-13/h6-7,13H,2-5,8-12H2,1H3/b7-6+. The quantitative estimate of drug-likeness (QED) is 0.255. The summed E-state index contributed by atoms with van der Waals surface area (Å²) in [6.45, 7) is 3.39. The lowest BCUT2D eigenvalue weighted by atomic mass is 10.1. The van der Waals surface area contributed by atoms with E-state index >= 15 is 0 Å². The Hall–Kier alpha value is -0.830. The number of carbonyl (C=O) groups is 1. The Kier molecular flexibility index (Phi) is 7.72. The van der Waals surface area contributed by atoms with Crippen LogP contribution in [0.25, 0.3) is 0 Å². The highest BCUT2D eigenvalue weighted by Gasteiger charge is 2.23. The van der Waals surface area contributed by atoms with Gasteiger partial charge in [-0.15, -0.1) is 0 Å². The van der Waals surface area contributed by atoms with Crippen molar-refractivity contribution in [2.75, 3.05) is 13.2 Å². The Morgan fingerprint density at radius 2 is 2.00 bits per heavy atom. The van der Waals surface area contributed by atoms with Gasteiger partial charge in [0.15, 0.2) is 0 Å². The van der Waals surface area contributed by atoms with Crippen molar-refractivity contribution in [3.05, 3.63) is 12.2 Å². The molecule has 1 atom stereocenters. The Balaban J connectivity index is 1.83. The summed E-state index contributed by atoms with van der Waals surface area (Å²) in [7, 11) is 0. The number of allylic oxidation sites excluding steroid dienone is 2. The number of esters is 1. The molecule has 3 nitrogen and oxygen atoms in total. The summed E-state index contributed by atoms with van der Waals surface area (Å²) in [5.41, 5.74) is 0. The van der Waals surface area contributed by atoms with Crippen molar-refractivity contribution in [3.8, 4) is 0 Å². The van der Waals surface area contributed by atoms with Crippen molar-refractivity contribution >= 4 is 5.97 Å². The van der Waals surface area contributed by atoms with Gasteiger partial charge in [-0.1, -0.05) is 31.9 Å². The average Bonchev–Trinajstić information content (AvgIpc) is 3.14. The lowest BCUT2D eigenvalue weighted by Gasteiger charge is -2.00. The molecule has 1 aliphatic rings. The Bertz CT molecular complexity index is 232. The van der Waals surface area contributed by atoms with E-state index in [1.165, 1.54) is 19.3 Å². The molecule has 0 radical (unpaired) electrons. The van der Waals surface area contributed by atoms with Crippen LogP contribution in [0.15, 0.2) is 12.2 Å². The lowest BCUT2D eigenvalue weighted by Crippen LogP contribution is -2.09. The number of hydrogen-bond acceptors (Lipinski definition) is 3. The molecular formula is C14H24O3. The molecule has 1 unspecified atom stereocenters. The van der Waals surface area contributed by atoms with Crippen LogP contribution in [0.3, 0.4) is 0 Å². The first kappa shape index (κ1) is 14.2. The molecule has 0 aliphatic carbocycles. The van der Waals surface area contributed by atoms with Crippen LogP contribution in [0, 0.1) is 0 Å². The van der Waals surface area contributed by atoms with Gasteiger partial charge < -0.3 is 9.47 Å². The van der Waals surface area contributed by atoms with E-state index in [0.29, 0.717) is 13.0 Å². The molecule has 0 aromatic heterocycles. The smallest absolute Gasteiger partial charge is 0.305 e. The first-order chi connectivity index (χ1) is 8.33. The summed E-state index contributed by atoms with van der Waals surface area (Å²) in [5.74, 6) is -0.0973. The molecule has 3 heteroatoms. The van der Waals surface area contributed by atoms with E-state index in [0.717, 1.165) is 25.9 Å². The molecule has 98 valence electrons. The normalized spacial score (nSPS) is 18.5. The second kappa shape index (κ2) is 9.23. The molecule has 17 heavy (non-hydrogen) atoms. The number of unbranched alkanes of at least 4 members (excludes halogenated alkanes) is 4. The van der Waals surface area contributed by atoms with Gasteiger partial charge in [-0.05, 0) is 25.7 Å². The Morgan fingerprint density at radius 3 is 2.65 bits per heavy atom. The summed E-state index contributed by atoms with van der Waals surface area (Å²) in [6, 6.07) is 0. The third-order valence-electron chi connectivity index (χ3n) is 2.73. The van der Waals surface area contributed by atoms with Crippen molar-refractivity contribution in [2.45, 2.75) is 58.0 Å². The lowest BCUT2D eigenvalue weighted by molar-refractivity contribution is -0.144. The fraction of sp³-hybridized carbons (Fsp3) is 0.786. The number of carbonyl (C=O) groups excluding carboxylic acids is 1. The zero-order chi connectivity index (χ0) is 12.3. The van der Waals surface area contributed by atoms with Crippen molar-refractivity contribution < 1.29 is 14.3 Å². The monoisotopic (exact) mass is 240 g/mol. The van der Waals surface area contributed by atoms with Gasteiger partial charge in [0.2, 0.25) is 0 Å². The molecule has 1 fully saturated rings. The van der Waals surface area contributed by atoms with Crippen LogP contribution in [-0.4, -0.2) is 25.3 Å². The van der Waals surface area contributed by atoms with Gasteiger partial charge in [0.1, 0.15) is 12.7 Å². The third kappa shape index (κ3) is 8.93. The van der Waals surface area contributed by atoms with Crippen LogP contribution in [-0.2, 0) is 14.3 Å². The summed E-state index contributed by atoms with van der Waals surface area (Å²) in [6.07, 6.45) is 12.0. The van der Waals surface area contributed by atoms with E-state index in [1.807, 2.05) is 0 Å². The van der Waals surface area contributed by atoms with Gasteiger partial charge in [0, 0.05) is 6.42 Å². The minimum atomic E-state index is -0.0973. The van der Waals surface area contributed by atoms with Gasteiger partial charge in [0.05, 0.1) is 6.61 Å².